The third kappa shape index (κ3) is 5.72. The Morgan fingerprint density at radius 2 is 2.07 bits per heavy atom. The van der Waals surface area contributed by atoms with E-state index in [0.29, 0.717) is 0 Å². The van der Waals surface area contributed by atoms with Crippen LogP contribution in [0.3, 0.4) is 0 Å². The number of likely N-dealkylation sites (N-methyl/N-ethyl adjacent to an activating group) is 1. The van der Waals surface area contributed by atoms with Gasteiger partial charge in [-0.3, -0.25) is 0 Å². The topological polar surface area (TPSA) is 40.5 Å². The van der Waals surface area contributed by atoms with Crippen LogP contribution >= 0.6 is 12.6 Å². The van der Waals surface area contributed by atoms with Gasteiger partial charge in [-0.15, -0.1) is 0 Å². The van der Waals surface area contributed by atoms with Gasteiger partial charge in [-0.25, -0.2) is 4.79 Å². The van der Waals surface area contributed by atoms with Crippen molar-refractivity contribution in [2.75, 3.05) is 7.05 Å². The van der Waals surface area contributed by atoms with Crippen molar-refractivity contribution in [3.05, 3.63) is 12.3 Å². The van der Waals surface area contributed by atoms with E-state index < -0.39 is 12.0 Å². The molecule has 0 aliphatic rings. The van der Waals surface area contributed by atoms with Crippen LogP contribution in [0.4, 0.5) is 0 Å². The molecule has 0 radical (unpaired) electrons. The number of carbonyl (C=O) groups is 1. The van der Waals surface area contributed by atoms with Crippen LogP contribution in [-0.4, -0.2) is 33.8 Å². The van der Waals surface area contributed by atoms with E-state index >= 15 is 0 Å². The Morgan fingerprint density at radius 3 is 2.40 bits per heavy atom. The number of hydrogen-bond donors (Lipinski definition) is 2. The summed E-state index contributed by atoms with van der Waals surface area (Å²) in [4.78, 5) is 12.4. The van der Waals surface area contributed by atoms with Gasteiger partial charge in [0.25, 0.3) is 0 Å². The number of aliphatic carboxylic acids is 1. The highest BCUT2D eigenvalue weighted by atomic mass is 32.1. The average Bonchev–Trinajstić information content (AvgIpc) is 2.10. The molecule has 0 unspecified atom stereocenters. The molecular weight excluding hydrogens is 210 g/mol. The Labute approximate surface area is 97.6 Å². The minimum absolute atomic E-state index is 0.0454. The van der Waals surface area contributed by atoms with Crippen LogP contribution < -0.4 is 0 Å². The van der Waals surface area contributed by atoms with Crippen molar-refractivity contribution in [3.63, 3.8) is 0 Å². The van der Waals surface area contributed by atoms with Crippen LogP contribution in [0.5, 0.6) is 0 Å². The minimum Gasteiger partial charge on any atom is -0.480 e. The fourth-order valence-electron chi connectivity index (χ4n) is 1.07. The second kappa shape index (κ2) is 5.45. The molecule has 0 rings (SSSR count). The molecule has 0 aromatic rings. The number of hydrogen-bond acceptors (Lipinski definition) is 3. The molecule has 0 fully saturated rings. The molecule has 0 aromatic carbocycles. The lowest BCUT2D eigenvalue weighted by Crippen LogP contribution is -2.35. The first-order valence-electron chi connectivity index (χ1n) is 5.01. The lowest BCUT2D eigenvalue weighted by Gasteiger charge is -2.27. The summed E-state index contributed by atoms with van der Waals surface area (Å²) < 4.78 is -0.0454. The molecule has 15 heavy (non-hydrogen) atoms. The van der Waals surface area contributed by atoms with Gasteiger partial charge in [0, 0.05) is 17.5 Å². The number of carboxylic acid groups (broad SMARTS) is 1. The summed E-state index contributed by atoms with van der Waals surface area (Å²) in [6.07, 6.45) is 1.65. The molecule has 0 spiro atoms. The van der Waals surface area contributed by atoms with Crippen LogP contribution in [0.2, 0.25) is 0 Å². The van der Waals surface area contributed by atoms with Crippen molar-refractivity contribution in [1.82, 2.24) is 4.90 Å². The van der Waals surface area contributed by atoms with Gasteiger partial charge in [0.05, 0.1) is 0 Å². The van der Waals surface area contributed by atoms with Crippen molar-refractivity contribution >= 4 is 18.6 Å². The second-order valence-electron chi connectivity index (χ2n) is 4.50. The van der Waals surface area contributed by atoms with Gasteiger partial charge in [0.2, 0.25) is 0 Å². The SMILES string of the molecule is C=C(CCC(C)(C)S)N(C)[C@@H](C)C(=O)O. The van der Waals surface area contributed by atoms with E-state index in [1.54, 1.807) is 18.9 Å². The van der Waals surface area contributed by atoms with E-state index in [9.17, 15) is 4.79 Å². The van der Waals surface area contributed by atoms with Crippen LogP contribution in [0.15, 0.2) is 12.3 Å². The fourth-order valence-corrected chi connectivity index (χ4v) is 1.18. The molecule has 1 atom stereocenters. The summed E-state index contributed by atoms with van der Waals surface area (Å²) in [5.74, 6) is -0.830. The zero-order chi connectivity index (χ0) is 12.2. The van der Waals surface area contributed by atoms with Gasteiger partial charge in [-0.05, 0) is 19.8 Å². The zero-order valence-corrected chi connectivity index (χ0v) is 10.8. The maximum Gasteiger partial charge on any atom is 0.326 e. The van der Waals surface area contributed by atoms with Crippen molar-refractivity contribution in [2.45, 2.75) is 44.4 Å². The van der Waals surface area contributed by atoms with E-state index in [0.717, 1.165) is 18.5 Å². The first-order chi connectivity index (χ1) is 6.65. The van der Waals surface area contributed by atoms with E-state index in [1.807, 2.05) is 13.8 Å². The van der Waals surface area contributed by atoms with Crippen molar-refractivity contribution in [2.24, 2.45) is 0 Å². The number of allylic oxidation sites excluding steroid dienone is 1. The number of thiol groups is 1. The van der Waals surface area contributed by atoms with Gasteiger partial charge < -0.3 is 10.0 Å². The van der Waals surface area contributed by atoms with E-state index in [1.165, 1.54) is 0 Å². The van der Waals surface area contributed by atoms with Crippen molar-refractivity contribution in [1.29, 1.82) is 0 Å². The normalized spacial score (nSPS) is 13.4. The maximum atomic E-state index is 10.7. The Bertz CT molecular complexity index is 245. The molecule has 0 aliphatic carbocycles. The third-order valence-electron chi connectivity index (χ3n) is 2.46. The molecule has 4 heteroatoms. The molecule has 0 saturated carbocycles. The molecule has 1 N–H and O–H groups in total. The van der Waals surface area contributed by atoms with E-state index in [2.05, 4.69) is 19.2 Å². The number of carboxylic acids is 1. The quantitative estimate of drug-likeness (QED) is 0.690. The van der Waals surface area contributed by atoms with Crippen LogP contribution in [0.1, 0.15) is 33.6 Å². The monoisotopic (exact) mass is 231 g/mol. The molecule has 0 heterocycles. The van der Waals surface area contributed by atoms with Gasteiger partial charge in [-0.2, -0.15) is 12.6 Å². The molecule has 0 amide bonds. The van der Waals surface area contributed by atoms with Gasteiger partial charge in [0.15, 0.2) is 0 Å². The average molecular weight is 231 g/mol. The summed E-state index contributed by atoms with van der Waals surface area (Å²) in [6.45, 7) is 9.61. The largest absolute Gasteiger partial charge is 0.480 e. The predicted octanol–water partition coefficient (Wildman–Crippen LogP) is 2.39. The highest BCUT2D eigenvalue weighted by Crippen LogP contribution is 2.22. The molecule has 0 aromatic heterocycles. The molecule has 88 valence electrons. The third-order valence-corrected chi connectivity index (χ3v) is 2.69. The summed E-state index contributed by atoms with van der Waals surface area (Å²) in [5, 5.41) is 8.83. The van der Waals surface area contributed by atoms with E-state index in [-0.39, 0.29) is 4.75 Å². The summed E-state index contributed by atoms with van der Waals surface area (Å²) in [6, 6.07) is -0.527. The lowest BCUT2D eigenvalue weighted by atomic mass is 10.0. The smallest absolute Gasteiger partial charge is 0.326 e. The van der Waals surface area contributed by atoms with Crippen molar-refractivity contribution in [3.8, 4) is 0 Å². The maximum absolute atomic E-state index is 10.7. The summed E-state index contributed by atoms with van der Waals surface area (Å²) in [5.41, 5.74) is 0.840. The highest BCUT2D eigenvalue weighted by Gasteiger charge is 2.19. The molecule has 0 saturated heterocycles. The van der Waals surface area contributed by atoms with Gasteiger partial charge in [0.1, 0.15) is 6.04 Å². The standard InChI is InChI=1S/C11H21NO2S/c1-8(6-7-11(3,4)15)12(5)9(2)10(13)14/h9,15H,1,6-7H2,2-5H3,(H,13,14)/t9-/m0/s1. The summed E-state index contributed by atoms with van der Waals surface area (Å²) in [7, 11) is 1.76. The lowest BCUT2D eigenvalue weighted by molar-refractivity contribution is -0.141. The van der Waals surface area contributed by atoms with Crippen LogP contribution in [-0.2, 0) is 4.79 Å². The first kappa shape index (κ1) is 14.4. The molecule has 0 aliphatic heterocycles. The molecule has 3 nitrogen and oxygen atoms in total. The Balaban J connectivity index is 4.17. The van der Waals surface area contributed by atoms with Crippen LogP contribution in [0.25, 0.3) is 0 Å². The molecule has 0 bridgehead atoms. The van der Waals surface area contributed by atoms with Gasteiger partial charge in [-0.1, -0.05) is 20.4 Å². The Kier molecular flexibility index (Phi) is 5.21. The molecular formula is C11H21NO2S. The number of rotatable bonds is 6. The predicted molar refractivity (Wildman–Crippen MR) is 66.3 cm³/mol. The fraction of sp³-hybridized carbons (Fsp3) is 0.727. The second-order valence-corrected chi connectivity index (χ2v) is 5.71. The van der Waals surface area contributed by atoms with Gasteiger partial charge >= 0.3 is 5.97 Å². The highest BCUT2D eigenvalue weighted by molar-refractivity contribution is 7.81. The summed E-state index contributed by atoms with van der Waals surface area (Å²) >= 11 is 4.41. The minimum atomic E-state index is -0.830. The Hall–Kier alpha value is -0.640. The van der Waals surface area contributed by atoms with Crippen LogP contribution in [0, 0.1) is 0 Å². The Morgan fingerprint density at radius 1 is 1.60 bits per heavy atom. The zero-order valence-electron chi connectivity index (χ0n) is 9.95. The van der Waals surface area contributed by atoms with E-state index in [4.69, 9.17) is 5.11 Å². The first-order valence-corrected chi connectivity index (χ1v) is 5.45. The number of nitrogens with zero attached hydrogens (tertiary/aromatic N) is 1. The van der Waals surface area contributed by atoms with Crippen molar-refractivity contribution < 1.29 is 9.90 Å².